The summed E-state index contributed by atoms with van der Waals surface area (Å²) < 4.78 is 0. The molecule has 30 heavy (non-hydrogen) atoms. The Kier molecular flexibility index (Phi) is 9.08. The van der Waals surface area contributed by atoms with Crippen LogP contribution >= 0.6 is 35.0 Å². The molecule has 0 aliphatic rings. The highest BCUT2D eigenvalue weighted by molar-refractivity contribution is 7.99. The van der Waals surface area contributed by atoms with Crippen molar-refractivity contribution in [2.24, 2.45) is 0 Å². The molecule has 1 N–H and O–H groups in total. The summed E-state index contributed by atoms with van der Waals surface area (Å²) >= 11 is 14.2. The van der Waals surface area contributed by atoms with E-state index in [0.29, 0.717) is 15.6 Å². The van der Waals surface area contributed by atoms with Crippen LogP contribution in [-0.2, 0) is 21.9 Å². The van der Waals surface area contributed by atoms with E-state index in [1.165, 1.54) is 11.8 Å². The van der Waals surface area contributed by atoms with Gasteiger partial charge in [0.05, 0.1) is 5.75 Å². The van der Waals surface area contributed by atoms with Gasteiger partial charge < -0.3 is 10.2 Å². The molecule has 2 amide bonds. The summed E-state index contributed by atoms with van der Waals surface area (Å²) in [6.07, 6.45) is 0. The molecule has 0 radical (unpaired) electrons. The molecule has 0 aromatic heterocycles. The van der Waals surface area contributed by atoms with E-state index in [9.17, 15) is 9.59 Å². The number of rotatable bonds is 8. The third-order valence-corrected chi connectivity index (χ3v) is 6.09. The second-order valence-corrected chi connectivity index (χ2v) is 9.92. The largest absolute Gasteiger partial charge is 0.350 e. The lowest BCUT2D eigenvalue weighted by atomic mass is 10.1. The van der Waals surface area contributed by atoms with Crippen LogP contribution < -0.4 is 5.32 Å². The monoisotopic (exact) mass is 466 g/mol. The number of hydrogen-bond acceptors (Lipinski definition) is 3. The summed E-state index contributed by atoms with van der Waals surface area (Å²) in [5.41, 5.74) is 1.39. The minimum atomic E-state index is -0.665. The van der Waals surface area contributed by atoms with Gasteiger partial charge in [-0.25, -0.2) is 0 Å². The van der Waals surface area contributed by atoms with Gasteiger partial charge in [-0.05, 0) is 45.4 Å². The summed E-state index contributed by atoms with van der Waals surface area (Å²) in [6, 6.07) is 14.5. The van der Waals surface area contributed by atoms with Crippen molar-refractivity contribution < 1.29 is 9.59 Å². The van der Waals surface area contributed by atoms with Gasteiger partial charge in [0.15, 0.2) is 0 Å². The normalized spacial score (nSPS) is 12.3. The lowest BCUT2D eigenvalue weighted by Gasteiger charge is -2.32. The molecule has 0 aliphatic carbocycles. The Balaban J connectivity index is 2.16. The van der Waals surface area contributed by atoms with Crippen LogP contribution in [0.2, 0.25) is 10.0 Å². The lowest BCUT2D eigenvalue weighted by Crippen LogP contribution is -2.52. The number of carbonyl (C=O) groups is 2. The summed E-state index contributed by atoms with van der Waals surface area (Å²) in [5.74, 6) is 0.621. The maximum absolute atomic E-state index is 13.1. The zero-order valence-corrected chi connectivity index (χ0v) is 20.1. The van der Waals surface area contributed by atoms with Crippen molar-refractivity contribution in [2.75, 3.05) is 5.75 Å². The van der Waals surface area contributed by atoms with Crippen LogP contribution in [0.4, 0.5) is 0 Å². The number of halogens is 2. The van der Waals surface area contributed by atoms with Crippen molar-refractivity contribution in [3.8, 4) is 0 Å². The molecule has 0 saturated heterocycles. The Hall–Kier alpha value is -1.69. The predicted molar refractivity (Wildman–Crippen MR) is 127 cm³/mol. The molecule has 0 bridgehead atoms. The molecule has 1 atom stereocenters. The Morgan fingerprint density at radius 3 is 2.20 bits per heavy atom. The number of nitrogens with one attached hydrogen (secondary N) is 1. The summed E-state index contributed by atoms with van der Waals surface area (Å²) in [5, 5.41) is 3.89. The standard InChI is InChI=1S/C23H28Cl2N2O2S/c1-16(22(29)26-23(2,3)4)27(13-18-19(24)11-8-12-20(18)25)21(28)15-30-14-17-9-6-5-7-10-17/h5-12,16H,13-15H2,1-4H3,(H,26,29)/t16-/m1/s1. The van der Waals surface area contributed by atoms with Crippen LogP contribution in [0.25, 0.3) is 0 Å². The van der Waals surface area contributed by atoms with Crippen LogP contribution in [-0.4, -0.2) is 34.0 Å². The van der Waals surface area contributed by atoms with Crippen molar-refractivity contribution in [2.45, 2.75) is 51.6 Å². The highest BCUT2D eigenvalue weighted by Gasteiger charge is 2.29. The number of hydrogen-bond donors (Lipinski definition) is 1. The smallest absolute Gasteiger partial charge is 0.242 e. The third kappa shape index (κ3) is 7.53. The molecule has 0 fully saturated rings. The first-order valence-electron chi connectivity index (χ1n) is 9.74. The molecular formula is C23H28Cl2N2O2S. The molecule has 0 spiro atoms. The van der Waals surface area contributed by atoms with Crippen LogP contribution in [0.3, 0.4) is 0 Å². The van der Waals surface area contributed by atoms with E-state index >= 15 is 0 Å². The zero-order valence-electron chi connectivity index (χ0n) is 17.7. The fourth-order valence-electron chi connectivity index (χ4n) is 2.82. The minimum Gasteiger partial charge on any atom is -0.350 e. The maximum atomic E-state index is 13.1. The van der Waals surface area contributed by atoms with Gasteiger partial charge in [-0.1, -0.05) is 59.6 Å². The quantitative estimate of drug-likeness (QED) is 0.553. The van der Waals surface area contributed by atoms with Gasteiger partial charge in [0, 0.05) is 33.4 Å². The van der Waals surface area contributed by atoms with E-state index < -0.39 is 11.6 Å². The van der Waals surface area contributed by atoms with Gasteiger partial charge in [0.25, 0.3) is 0 Å². The number of amides is 2. The van der Waals surface area contributed by atoms with Crippen molar-refractivity contribution in [1.29, 1.82) is 0 Å². The van der Waals surface area contributed by atoms with Crippen LogP contribution in [0.15, 0.2) is 48.5 Å². The predicted octanol–water partition coefficient (Wildman–Crippen LogP) is 5.56. The maximum Gasteiger partial charge on any atom is 0.242 e. The van der Waals surface area contributed by atoms with Gasteiger partial charge in [-0.15, -0.1) is 11.8 Å². The van der Waals surface area contributed by atoms with Gasteiger partial charge >= 0.3 is 0 Å². The van der Waals surface area contributed by atoms with Crippen molar-refractivity contribution in [3.63, 3.8) is 0 Å². The van der Waals surface area contributed by atoms with Crippen LogP contribution in [0, 0.1) is 0 Å². The average Bonchev–Trinajstić information content (AvgIpc) is 2.66. The topological polar surface area (TPSA) is 49.4 Å². The number of nitrogens with zero attached hydrogens (tertiary/aromatic N) is 1. The van der Waals surface area contributed by atoms with E-state index in [2.05, 4.69) is 5.32 Å². The fourth-order valence-corrected chi connectivity index (χ4v) is 4.21. The summed E-state index contributed by atoms with van der Waals surface area (Å²) in [6.45, 7) is 7.62. The van der Waals surface area contributed by atoms with Crippen LogP contribution in [0.1, 0.15) is 38.8 Å². The molecule has 2 rings (SSSR count). The lowest BCUT2D eigenvalue weighted by molar-refractivity contribution is -0.139. The molecule has 4 nitrogen and oxygen atoms in total. The Labute approximate surface area is 193 Å². The van der Waals surface area contributed by atoms with Crippen LogP contribution in [0.5, 0.6) is 0 Å². The van der Waals surface area contributed by atoms with E-state index in [-0.39, 0.29) is 24.1 Å². The van der Waals surface area contributed by atoms with Crippen molar-refractivity contribution in [1.82, 2.24) is 10.2 Å². The molecule has 2 aromatic carbocycles. The van der Waals surface area contributed by atoms with E-state index in [1.54, 1.807) is 30.0 Å². The van der Waals surface area contributed by atoms with Gasteiger partial charge in [0.2, 0.25) is 11.8 Å². The Morgan fingerprint density at radius 1 is 1.03 bits per heavy atom. The summed E-state index contributed by atoms with van der Waals surface area (Å²) in [4.78, 5) is 27.4. The van der Waals surface area contributed by atoms with Gasteiger partial charge in [-0.2, -0.15) is 0 Å². The molecule has 2 aromatic rings. The number of carbonyl (C=O) groups excluding carboxylic acids is 2. The molecule has 0 heterocycles. The third-order valence-electron chi connectivity index (χ3n) is 4.39. The SMILES string of the molecule is C[C@H](C(=O)NC(C)(C)C)N(Cc1c(Cl)cccc1Cl)C(=O)CSCc1ccccc1. The number of thioether (sulfide) groups is 1. The zero-order chi connectivity index (χ0) is 22.3. The first kappa shape index (κ1) is 24.6. The molecule has 162 valence electrons. The van der Waals surface area contributed by atoms with Crippen molar-refractivity contribution in [3.05, 3.63) is 69.7 Å². The van der Waals surface area contributed by atoms with E-state index in [4.69, 9.17) is 23.2 Å². The first-order chi connectivity index (χ1) is 14.1. The second-order valence-electron chi connectivity index (χ2n) is 8.12. The number of benzene rings is 2. The second kappa shape index (κ2) is 11.1. The molecule has 7 heteroatoms. The molecule has 0 saturated carbocycles. The highest BCUT2D eigenvalue weighted by atomic mass is 35.5. The van der Waals surface area contributed by atoms with E-state index in [0.717, 1.165) is 11.3 Å². The van der Waals surface area contributed by atoms with Gasteiger partial charge in [-0.3, -0.25) is 9.59 Å². The molecular weight excluding hydrogens is 439 g/mol. The molecule has 0 unspecified atom stereocenters. The van der Waals surface area contributed by atoms with Gasteiger partial charge in [0.1, 0.15) is 6.04 Å². The Bertz CT molecular complexity index is 849. The highest BCUT2D eigenvalue weighted by Crippen LogP contribution is 2.27. The fraction of sp³-hybridized carbons (Fsp3) is 0.391. The van der Waals surface area contributed by atoms with E-state index in [1.807, 2.05) is 51.1 Å². The average molecular weight is 467 g/mol. The van der Waals surface area contributed by atoms with Crippen molar-refractivity contribution >= 4 is 46.8 Å². The summed E-state index contributed by atoms with van der Waals surface area (Å²) in [7, 11) is 0. The minimum absolute atomic E-state index is 0.136. The Morgan fingerprint density at radius 2 is 1.63 bits per heavy atom. The molecule has 0 aliphatic heterocycles. The first-order valence-corrected chi connectivity index (χ1v) is 11.7.